The van der Waals surface area contributed by atoms with Crippen molar-refractivity contribution in [1.29, 1.82) is 0 Å². The fourth-order valence-electron chi connectivity index (χ4n) is 2.41. The molecule has 1 N–H and O–H groups in total. The van der Waals surface area contributed by atoms with Crippen LogP contribution in [0.1, 0.15) is 15.7 Å². The zero-order valence-corrected chi connectivity index (χ0v) is 12.7. The van der Waals surface area contributed by atoms with Crippen molar-refractivity contribution >= 4 is 34.3 Å². The lowest BCUT2D eigenvalue weighted by Gasteiger charge is -2.28. The van der Waals surface area contributed by atoms with Crippen molar-refractivity contribution in [3.8, 4) is 0 Å². The minimum absolute atomic E-state index is 0.00349. The number of aromatic nitrogens is 2. The van der Waals surface area contributed by atoms with Gasteiger partial charge in [0.1, 0.15) is 0 Å². The molecule has 10 heteroatoms. The van der Waals surface area contributed by atoms with Gasteiger partial charge < -0.3 is 0 Å². The second-order valence-corrected chi connectivity index (χ2v) is 6.22. The number of hydrogen-bond donors (Lipinski definition) is 1. The van der Waals surface area contributed by atoms with Gasteiger partial charge in [0.15, 0.2) is 0 Å². The molecule has 0 saturated carbocycles. The molecule has 0 amide bonds. The summed E-state index contributed by atoms with van der Waals surface area (Å²) in [6.07, 6.45) is -4.88. The number of alkyl halides is 3. The smallest absolute Gasteiger partial charge is 0.290 e. The van der Waals surface area contributed by atoms with Gasteiger partial charge in [-0.2, -0.15) is 0 Å². The predicted molar refractivity (Wildman–Crippen MR) is 80.3 cm³/mol. The summed E-state index contributed by atoms with van der Waals surface area (Å²) >= 11 is 7.13. The Bertz CT molecular complexity index is 1000. The molecule has 5 nitrogen and oxygen atoms in total. The summed E-state index contributed by atoms with van der Waals surface area (Å²) in [5.41, 5.74) is -2.03. The molecule has 0 aliphatic carbocycles. The van der Waals surface area contributed by atoms with Crippen LogP contribution in [-0.2, 0) is 4.74 Å². The molecule has 2 heterocycles. The van der Waals surface area contributed by atoms with E-state index in [0.717, 1.165) is 22.4 Å². The number of aromatic amines is 1. The highest BCUT2D eigenvalue weighted by Gasteiger charge is 2.33. The third-order valence-electron chi connectivity index (χ3n) is 3.34. The van der Waals surface area contributed by atoms with Gasteiger partial charge in [-0.15, -0.1) is 24.9 Å². The number of halogens is 4. The first kappa shape index (κ1) is 12.9. The molecule has 0 radical (unpaired) electrons. The lowest BCUT2D eigenvalue weighted by Crippen LogP contribution is -2.38. The average molecular weight is 370 g/mol. The molecule has 0 unspecified atom stereocenters. The highest BCUT2D eigenvalue weighted by Crippen LogP contribution is 2.41. The topological polar surface area (TPSA) is 64.1 Å². The Morgan fingerprint density at radius 1 is 1.57 bits per heavy atom. The minimum atomic E-state index is -4.88. The van der Waals surface area contributed by atoms with E-state index in [1.807, 2.05) is 4.98 Å². The molecule has 0 saturated heterocycles. The zero-order chi connectivity index (χ0) is 19.4. The highest BCUT2D eigenvalue weighted by atomic mass is 35.5. The Hall–Kier alpha value is -1.45. The van der Waals surface area contributed by atoms with E-state index < -0.39 is 37.1 Å². The molecular formula is C13H10ClF3N2O3S. The SMILES string of the molecule is [2H]C([2H])([2H])c1cc2c(=O)[nH]c(=O)n3c2c(c1Cl)SC[C@@H]3COC(F)(F)F. The van der Waals surface area contributed by atoms with E-state index in [9.17, 15) is 22.8 Å². The standard InChI is InChI=1S/C13H10ClF3N2O3S/c1-5-2-7-9-10(8(5)14)23-4-6(3-22-13(15,16)17)19(9)12(21)18-11(7)20/h2,6H,3-4H2,1H3,(H,18,20,21)/t6-/m0/s1/i1D3. The van der Waals surface area contributed by atoms with Gasteiger partial charge in [-0.3, -0.25) is 19.1 Å². The van der Waals surface area contributed by atoms with Crippen molar-refractivity contribution in [3.63, 3.8) is 0 Å². The molecule has 2 aromatic rings. The molecule has 1 aromatic carbocycles. The summed E-state index contributed by atoms with van der Waals surface area (Å²) in [6.45, 7) is -3.44. The number of aryl methyl sites for hydroxylation is 1. The molecule has 0 bridgehead atoms. The quantitative estimate of drug-likeness (QED) is 0.884. The first-order chi connectivity index (χ1) is 11.9. The lowest BCUT2D eigenvalue weighted by atomic mass is 10.1. The molecule has 1 aromatic heterocycles. The maximum Gasteiger partial charge on any atom is 0.522 e. The molecule has 124 valence electrons. The van der Waals surface area contributed by atoms with Gasteiger partial charge in [0.2, 0.25) is 0 Å². The molecule has 1 aliphatic rings. The van der Waals surface area contributed by atoms with Crippen LogP contribution in [0, 0.1) is 6.85 Å². The molecule has 0 fully saturated rings. The normalized spacial score (nSPS) is 20.2. The highest BCUT2D eigenvalue weighted by molar-refractivity contribution is 7.99. The molecule has 3 rings (SSSR count). The molecule has 0 spiro atoms. The Morgan fingerprint density at radius 3 is 2.96 bits per heavy atom. The van der Waals surface area contributed by atoms with E-state index >= 15 is 0 Å². The number of rotatable bonds is 2. The van der Waals surface area contributed by atoms with Gasteiger partial charge in [0.05, 0.1) is 33.5 Å². The maximum atomic E-state index is 12.4. The van der Waals surface area contributed by atoms with Crippen molar-refractivity contribution in [2.45, 2.75) is 24.2 Å². The number of ether oxygens (including phenoxy) is 1. The summed E-state index contributed by atoms with van der Waals surface area (Å²) in [5, 5.41) is -0.296. The van der Waals surface area contributed by atoms with Gasteiger partial charge >= 0.3 is 12.1 Å². The van der Waals surface area contributed by atoms with Crippen LogP contribution in [0.2, 0.25) is 5.02 Å². The Morgan fingerprint density at radius 2 is 2.30 bits per heavy atom. The number of nitrogens with one attached hydrogen (secondary N) is 1. The Labute approximate surface area is 140 Å². The predicted octanol–water partition coefficient (Wildman–Crippen LogP) is 2.83. The summed E-state index contributed by atoms with van der Waals surface area (Å²) in [4.78, 5) is 26.5. The third kappa shape index (κ3) is 2.88. The second-order valence-electron chi connectivity index (χ2n) is 4.81. The Balaban J connectivity index is 2.28. The van der Waals surface area contributed by atoms with E-state index in [1.165, 1.54) is 0 Å². The summed E-state index contributed by atoms with van der Waals surface area (Å²) < 4.78 is 64.4. The van der Waals surface area contributed by atoms with Crippen molar-refractivity contribution < 1.29 is 22.0 Å². The van der Waals surface area contributed by atoms with Gasteiger partial charge in [-0.05, 0) is 18.5 Å². The van der Waals surface area contributed by atoms with Crippen molar-refractivity contribution in [3.05, 3.63) is 37.5 Å². The maximum absolute atomic E-state index is 12.4. The van der Waals surface area contributed by atoms with Gasteiger partial charge in [0, 0.05) is 9.87 Å². The van der Waals surface area contributed by atoms with E-state index in [-0.39, 0.29) is 32.1 Å². The number of hydrogen-bond acceptors (Lipinski definition) is 4. The summed E-state index contributed by atoms with van der Waals surface area (Å²) in [6, 6.07) is 0.0203. The van der Waals surface area contributed by atoms with E-state index in [2.05, 4.69) is 4.74 Å². The van der Waals surface area contributed by atoms with Crippen molar-refractivity contribution in [1.82, 2.24) is 9.55 Å². The van der Waals surface area contributed by atoms with Gasteiger partial charge in [0.25, 0.3) is 5.56 Å². The fourth-order valence-corrected chi connectivity index (χ4v) is 3.90. The molecule has 23 heavy (non-hydrogen) atoms. The largest absolute Gasteiger partial charge is 0.522 e. The monoisotopic (exact) mass is 369 g/mol. The second kappa shape index (κ2) is 5.57. The fraction of sp³-hybridized carbons (Fsp3) is 0.385. The zero-order valence-electron chi connectivity index (χ0n) is 14.2. The van der Waals surface area contributed by atoms with Crippen LogP contribution < -0.4 is 11.2 Å². The van der Waals surface area contributed by atoms with Crippen molar-refractivity contribution in [2.75, 3.05) is 12.4 Å². The number of thioether (sulfide) groups is 1. The summed E-state index contributed by atoms with van der Waals surface area (Å²) in [7, 11) is 0. The Kier molecular flexibility index (Phi) is 3.13. The van der Waals surface area contributed by atoms with Crippen LogP contribution in [0.5, 0.6) is 0 Å². The molecule has 1 atom stereocenters. The average Bonchev–Trinajstić information content (AvgIpc) is 2.49. The number of benzene rings is 1. The summed E-state index contributed by atoms with van der Waals surface area (Å²) in [5.74, 6) is -0.0195. The van der Waals surface area contributed by atoms with Crippen LogP contribution in [0.3, 0.4) is 0 Å². The molecular weight excluding hydrogens is 357 g/mol. The van der Waals surface area contributed by atoms with E-state index in [4.69, 9.17) is 15.7 Å². The van der Waals surface area contributed by atoms with E-state index in [1.54, 1.807) is 0 Å². The van der Waals surface area contributed by atoms with Gasteiger partial charge in [-0.1, -0.05) is 11.6 Å². The third-order valence-corrected chi connectivity index (χ3v) is 5.09. The minimum Gasteiger partial charge on any atom is -0.290 e. The van der Waals surface area contributed by atoms with Crippen LogP contribution >= 0.6 is 23.4 Å². The first-order valence-electron chi connectivity index (χ1n) is 7.75. The lowest BCUT2D eigenvalue weighted by molar-refractivity contribution is -0.327. The number of nitrogens with zero attached hydrogens (tertiary/aromatic N) is 1. The number of H-pyrrole nitrogens is 1. The van der Waals surface area contributed by atoms with Crippen LogP contribution in [0.25, 0.3) is 10.9 Å². The van der Waals surface area contributed by atoms with Crippen molar-refractivity contribution in [2.24, 2.45) is 0 Å². The molecule has 1 aliphatic heterocycles. The van der Waals surface area contributed by atoms with E-state index in [0.29, 0.717) is 0 Å². The van der Waals surface area contributed by atoms with Gasteiger partial charge in [-0.25, -0.2) is 4.79 Å². The van der Waals surface area contributed by atoms with Crippen LogP contribution in [0.4, 0.5) is 13.2 Å². The van der Waals surface area contributed by atoms with Crippen LogP contribution in [0.15, 0.2) is 20.6 Å². The van der Waals surface area contributed by atoms with Crippen LogP contribution in [-0.4, -0.2) is 28.3 Å². The first-order valence-corrected chi connectivity index (χ1v) is 7.61.